The molecule has 0 radical (unpaired) electrons. The highest BCUT2D eigenvalue weighted by molar-refractivity contribution is 5.63. The Kier molecular flexibility index (Phi) is 6.61. The van der Waals surface area contributed by atoms with E-state index in [4.69, 9.17) is 0 Å². The van der Waals surface area contributed by atoms with Crippen molar-refractivity contribution in [1.29, 1.82) is 0 Å². The van der Waals surface area contributed by atoms with Crippen molar-refractivity contribution in [1.82, 2.24) is 14.9 Å². The standard InChI is InChI=1S/C23H23F3N4O3/c24-23(25,26)19-10-27-11-20(29-19)28-17-12-30(13-18(31)21(17)32)22(33)16-8-6-15(7-9-16)14-4-2-1-3-5-14/h1-11,17-18,21-22,31-33H,12-13H2,(H,28,29)/t17-,18-,21+,22?/m0/s1. The molecule has 7 nitrogen and oxygen atoms in total. The van der Waals surface area contributed by atoms with Crippen LogP contribution >= 0.6 is 0 Å². The average molecular weight is 460 g/mol. The number of anilines is 1. The van der Waals surface area contributed by atoms with Gasteiger partial charge in [-0.05, 0) is 16.7 Å². The molecule has 2 aromatic carbocycles. The molecule has 4 N–H and O–H groups in total. The van der Waals surface area contributed by atoms with E-state index in [0.717, 1.165) is 17.3 Å². The maximum absolute atomic E-state index is 12.9. The summed E-state index contributed by atoms with van der Waals surface area (Å²) >= 11 is 0. The third-order valence-electron chi connectivity index (χ3n) is 5.58. The number of aliphatic hydroxyl groups is 3. The zero-order valence-corrected chi connectivity index (χ0v) is 17.4. The van der Waals surface area contributed by atoms with E-state index in [9.17, 15) is 28.5 Å². The van der Waals surface area contributed by atoms with Gasteiger partial charge in [-0.15, -0.1) is 0 Å². The summed E-state index contributed by atoms with van der Waals surface area (Å²) in [5.74, 6) is -0.190. The van der Waals surface area contributed by atoms with Crippen molar-refractivity contribution < 1.29 is 28.5 Å². The largest absolute Gasteiger partial charge is 0.434 e. The molecule has 2 heterocycles. The molecule has 0 bridgehead atoms. The zero-order chi connectivity index (χ0) is 23.6. The lowest BCUT2D eigenvalue weighted by Gasteiger charge is -2.41. The van der Waals surface area contributed by atoms with Gasteiger partial charge in [-0.3, -0.25) is 9.88 Å². The minimum absolute atomic E-state index is 0.0186. The van der Waals surface area contributed by atoms with Crippen molar-refractivity contribution in [3.8, 4) is 11.1 Å². The maximum Gasteiger partial charge on any atom is 0.434 e. The first-order valence-corrected chi connectivity index (χ1v) is 10.3. The first-order valence-electron chi connectivity index (χ1n) is 10.3. The maximum atomic E-state index is 12.9. The van der Waals surface area contributed by atoms with E-state index in [-0.39, 0.29) is 18.9 Å². The molecule has 0 aliphatic carbocycles. The van der Waals surface area contributed by atoms with Crippen LogP contribution in [0.1, 0.15) is 17.5 Å². The van der Waals surface area contributed by atoms with E-state index in [1.54, 1.807) is 12.1 Å². The minimum atomic E-state index is -4.66. The minimum Gasteiger partial charge on any atom is -0.389 e. The summed E-state index contributed by atoms with van der Waals surface area (Å²) in [5, 5.41) is 34.3. The molecule has 1 aromatic heterocycles. The number of rotatable bonds is 5. The van der Waals surface area contributed by atoms with E-state index in [1.165, 1.54) is 4.90 Å². The summed E-state index contributed by atoms with van der Waals surface area (Å²) in [6.45, 7) is 0.0347. The number of likely N-dealkylation sites (tertiary alicyclic amines) is 1. The summed E-state index contributed by atoms with van der Waals surface area (Å²) < 4.78 is 38.7. The number of aromatic nitrogens is 2. The summed E-state index contributed by atoms with van der Waals surface area (Å²) in [6.07, 6.45) is -6.55. The summed E-state index contributed by atoms with van der Waals surface area (Å²) in [5.41, 5.74) is 1.41. The van der Waals surface area contributed by atoms with Crippen LogP contribution in [0.25, 0.3) is 11.1 Å². The van der Waals surface area contributed by atoms with Crippen LogP contribution < -0.4 is 5.32 Å². The molecule has 174 valence electrons. The number of alkyl halides is 3. The van der Waals surface area contributed by atoms with Crippen molar-refractivity contribution in [3.05, 3.63) is 78.2 Å². The van der Waals surface area contributed by atoms with Gasteiger partial charge in [0.15, 0.2) is 5.69 Å². The van der Waals surface area contributed by atoms with Crippen LogP contribution in [-0.2, 0) is 6.18 Å². The fraction of sp³-hybridized carbons (Fsp3) is 0.304. The van der Waals surface area contributed by atoms with Crippen molar-refractivity contribution in [2.75, 3.05) is 18.4 Å². The molecule has 1 unspecified atom stereocenters. The number of aliphatic hydroxyl groups excluding tert-OH is 3. The molecule has 3 aromatic rings. The van der Waals surface area contributed by atoms with Gasteiger partial charge in [-0.2, -0.15) is 13.2 Å². The Bertz CT molecular complexity index is 1070. The molecule has 0 spiro atoms. The lowest BCUT2D eigenvalue weighted by Crippen LogP contribution is -2.58. The molecule has 0 saturated carbocycles. The third-order valence-corrected chi connectivity index (χ3v) is 5.58. The monoisotopic (exact) mass is 460 g/mol. The van der Waals surface area contributed by atoms with E-state index < -0.39 is 36.3 Å². The van der Waals surface area contributed by atoms with E-state index in [0.29, 0.717) is 11.8 Å². The SMILES string of the molecule is OC(c1ccc(-c2ccccc2)cc1)N1C[C@H](Nc2cncc(C(F)(F)F)n2)[C@@H](O)[C@@H](O)C1. The number of hydrogen-bond donors (Lipinski definition) is 4. The fourth-order valence-electron chi connectivity index (χ4n) is 3.83. The van der Waals surface area contributed by atoms with Crippen molar-refractivity contribution in [3.63, 3.8) is 0 Å². The first kappa shape index (κ1) is 23.1. The van der Waals surface area contributed by atoms with Gasteiger partial charge in [0.05, 0.1) is 24.5 Å². The van der Waals surface area contributed by atoms with E-state index in [2.05, 4.69) is 15.3 Å². The van der Waals surface area contributed by atoms with Gasteiger partial charge in [0.2, 0.25) is 0 Å². The Hall–Kier alpha value is -3.05. The van der Waals surface area contributed by atoms with Crippen LogP contribution in [0.15, 0.2) is 67.0 Å². The summed E-state index contributed by atoms with van der Waals surface area (Å²) in [7, 11) is 0. The highest BCUT2D eigenvalue weighted by Gasteiger charge is 2.38. The van der Waals surface area contributed by atoms with Crippen molar-refractivity contribution in [2.45, 2.75) is 30.7 Å². The summed E-state index contributed by atoms with van der Waals surface area (Å²) in [6, 6.07) is 16.1. The van der Waals surface area contributed by atoms with E-state index >= 15 is 0 Å². The van der Waals surface area contributed by atoms with Crippen LogP contribution in [0.2, 0.25) is 0 Å². The van der Waals surface area contributed by atoms with Gasteiger partial charge in [0, 0.05) is 13.1 Å². The molecule has 1 saturated heterocycles. The lowest BCUT2D eigenvalue weighted by molar-refractivity contribution is -0.141. The van der Waals surface area contributed by atoms with Gasteiger partial charge in [-0.1, -0.05) is 54.6 Å². The molecule has 1 fully saturated rings. The predicted octanol–water partition coefficient (Wildman–Crippen LogP) is 2.67. The smallest absolute Gasteiger partial charge is 0.389 e. The van der Waals surface area contributed by atoms with Crippen molar-refractivity contribution >= 4 is 5.82 Å². The van der Waals surface area contributed by atoms with Crippen molar-refractivity contribution in [2.24, 2.45) is 0 Å². The van der Waals surface area contributed by atoms with Gasteiger partial charge in [-0.25, -0.2) is 4.98 Å². The highest BCUT2D eigenvalue weighted by atomic mass is 19.4. The van der Waals surface area contributed by atoms with Crippen LogP contribution in [0.3, 0.4) is 0 Å². The van der Waals surface area contributed by atoms with Gasteiger partial charge in [0.25, 0.3) is 0 Å². The zero-order valence-electron chi connectivity index (χ0n) is 17.4. The molecular formula is C23H23F3N4O3. The average Bonchev–Trinajstić information content (AvgIpc) is 2.82. The van der Waals surface area contributed by atoms with Crippen LogP contribution in [0.5, 0.6) is 0 Å². The Morgan fingerprint density at radius 3 is 2.27 bits per heavy atom. The molecule has 33 heavy (non-hydrogen) atoms. The Morgan fingerprint density at radius 2 is 1.61 bits per heavy atom. The lowest BCUT2D eigenvalue weighted by atomic mass is 9.97. The van der Waals surface area contributed by atoms with Crippen LogP contribution in [0.4, 0.5) is 19.0 Å². The number of hydrogen-bond acceptors (Lipinski definition) is 7. The van der Waals surface area contributed by atoms with Gasteiger partial charge < -0.3 is 20.6 Å². The molecular weight excluding hydrogens is 437 g/mol. The third kappa shape index (κ3) is 5.31. The number of β-amino-alcohol motifs (C(OH)–C–C–N with tert-alkyl or cyclic N) is 1. The Balaban J connectivity index is 1.48. The highest BCUT2D eigenvalue weighted by Crippen LogP contribution is 2.29. The number of benzene rings is 2. The van der Waals surface area contributed by atoms with Gasteiger partial charge >= 0.3 is 6.18 Å². The molecule has 1 aliphatic heterocycles. The molecule has 10 heteroatoms. The molecule has 1 aliphatic rings. The van der Waals surface area contributed by atoms with E-state index in [1.807, 2.05) is 42.5 Å². The molecule has 0 amide bonds. The fourth-order valence-corrected chi connectivity index (χ4v) is 3.83. The Labute approximate surface area is 188 Å². The first-order chi connectivity index (χ1) is 15.7. The van der Waals surface area contributed by atoms with Gasteiger partial charge in [0.1, 0.15) is 18.1 Å². The summed E-state index contributed by atoms with van der Waals surface area (Å²) in [4.78, 5) is 8.57. The topological polar surface area (TPSA) is 102 Å². The molecule has 4 rings (SSSR count). The Morgan fingerprint density at radius 1 is 0.939 bits per heavy atom. The number of nitrogens with one attached hydrogen (secondary N) is 1. The second-order valence-electron chi connectivity index (χ2n) is 7.91. The van der Waals surface area contributed by atoms with Crippen LogP contribution in [0, 0.1) is 0 Å². The predicted molar refractivity (Wildman–Crippen MR) is 115 cm³/mol. The second-order valence-corrected chi connectivity index (χ2v) is 7.91. The quantitative estimate of drug-likeness (QED) is 0.464. The number of nitrogens with zero attached hydrogens (tertiary/aromatic N) is 3. The second kappa shape index (κ2) is 9.44. The van der Waals surface area contributed by atoms with Crippen LogP contribution in [-0.4, -0.2) is 61.5 Å². The number of halogens is 3. The number of piperidine rings is 1. The molecule has 4 atom stereocenters. The normalized spacial score (nSPS) is 22.7.